The molecule has 16 nitrogen and oxygen atoms in total. The highest BCUT2D eigenvalue weighted by Crippen LogP contribution is 2.47. The summed E-state index contributed by atoms with van der Waals surface area (Å²) < 4.78 is 51.7. The number of fused-ring (bicyclic) bond motifs is 1. The number of para-hydroxylation sites is 1. The Hall–Kier alpha value is -5.31. The van der Waals surface area contributed by atoms with Gasteiger partial charge in [0.2, 0.25) is 11.5 Å². The van der Waals surface area contributed by atoms with Crippen molar-refractivity contribution in [2.24, 2.45) is 11.7 Å². The third-order valence-corrected chi connectivity index (χ3v) is 11.1. The van der Waals surface area contributed by atoms with Crippen molar-refractivity contribution in [3.63, 3.8) is 0 Å². The number of amides is 1. The first-order valence-electron chi connectivity index (χ1n) is 17.7. The molecule has 0 bridgehead atoms. The highest BCUT2D eigenvalue weighted by atomic mass is 31.2. The summed E-state index contributed by atoms with van der Waals surface area (Å²) in [6.45, 7) is 2.80. The number of halogens is 1. The third kappa shape index (κ3) is 8.88. The first-order valence-corrected chi connectivity index (χ1v) is 19.3. The Morgan fingerprint density at radius 1 is 1.18 bits per heavy atom. The molecule has 1 aliphatic heterocycles. The van der Waals surface area contributed by atoms with Crippen molar-refractivity contribution < 1.29 is 47.3 Å². The predicted molar refractivity (Wildman–Crippen MR) is 199 cm³/mol. The van der Waals surface area contributed by atoms with Gasteiger partial charge in [0.1, 0.15) is 60.4 Å². The number of benzene rings is 2. The molecule has 1 fully saturated rings. The van der Waals surface area contributed by atoms with Crippen molar-refractivity contribution in [1.82, 2.24) is 19.7 Å². The number of aromatic nitrogens is 3. The Bertz CT molecular complexity index is 2200. The number of nitriles is 1. The summed E-state index contributed by atoms with van der Waals surface area (Å²) in [5.74, 6) is -1.42. The van der Waals surface area contributed by atoms with Crippen LogP contribution in [0, 0.1) is 23.1 Å². The summed E-state index contributed by atoms with van der Waals surface area (Å²) in [5.41, 5.74) is 5.59. The Morgan fingerprint density at radius 3 is 2.64 bits per heavy atom. The minimum Gasteiger partial charge on any atom is -0.460 e. The van der Waals surface area contributed by atoms with E-state index in [1.54, 1.807) is 18.2 Å². The van der Waals surface area contributed by atoms with Crippen LogP contribution in [0.4, 0.5) is 10.2 Å². The number of carbonyl (C=O) groups excluding carboxylic acids is 2. The van der Waals surface area contributed by atoms with Gasteiger partial charge in [0.05, 0.1) is 18.3 Å². The largest absolute Gasteiger partial charge is 0.460 e. The molecule has 1 aliphatic carbocycles. The van der Waals surface area contributed by atoms with Gasteiger partial charge in [0.15, 0.2) is 5.82 Å². The molecule has 6 N–H and O–H groups in total. The summed E-state index contributed by atoms with van der Waals surface area (Å²) in [5, 5.41) is 42.3. The van der Waals surface area contributed by atoms with Gasteiger partial charge in [-0.2, -0.15) is 15.4 Å². The van der Waals surface area contributed by atoms with E-state index in [1.165, 1.54) is 60.0 Å². The number of nitrogens with zero attached hydrogens (tertiary/aromatic N) is 4. The average Bonchev–Trinajstić information content (AvgIpc) is 3.74. The maximum absolute atomic E-state index is 14.2. The number of nitrogens with two attached hydrogens (primary N) is 1. The molecule has 3 heterocycles. The second-order valence-corrected chi connectivity index (χ2v) is 15.1. The highest BCUT2D eigenvalue weighted by Gasteiger charge is 2.58. The smallest absolute Gasteiger partial charge is 0.459 e. The van der Waals surface area contributed by atoms with Crippen LogP contribution in [-0.4, -0.2) is 80.3 Å². The first-order chi connectivity index (χ1) is 26.8. The molecule has 0 spiro atoms. The van der Waals surface area contributed by atoms with Crippen molar-refractivity contribution in [2.45, 2.75) is 62.7 Å². The predicted octanol–water partition coefficient (Wildman–Crippen LogP) is 3.46. The lowest BCUT2D eigenvalue weighted by Crippen LogP contribution is -2.41. The lowest BCUT2D eigenvalue weighted by molar-refractivity contribution is -0.144. The van der Waals surface area contributed by atoms with Crippen LogP contribution in [0.5, 0.6) is 5.75 Å². The molecule has 2 aliphatic rings. The zero-order valence-corrected chi connectivity index (χ0v) is 31.3. The maximum Gasteiger partial charge on any atom is 0.459 e. The van der Waals surface area contributed by atoms with E-state index in [0.717, 1.165) is 18.3 Å². The Morgan fingerprint density at radius 2 is 1.93 bits per heavy atom. The van der Waals surface area contributed by atoms with Crippen LogP contribution in [0.15, 0.2) is 96.9 Å². The fourth-order valence-corrected chi connectivity index (χ4v) is 7.74. The lowest BCUT2D eigenvalue weighted by atomic mass is 9.92. The van der Waals surface area contributed by atoms with Crippen LogP contribution in [0.3, 0.4) is 0 Å². The number of allylic oxidation sites excluding steroid dienone is 3. The number of rotatable bonds is 15. The lowest BCUT2D eigenvalue weighted by Gasteiger charge is -2.25. The number of ether oxygens (including phenoxy) is 2. The number of nitrogens with one attached hydrogen (secondary N) is 2. The van der Waals surface area contributed by atoms with Gasteiger partial charge >= 0.3 is 13.7 Å². The van der Waals surface area contributed by atoms with Gasteiger partial charge in [-0.3, -0.25) is 14.1 Å². The maximum atomic E-state index is 14.2. The van der Waals surface area contributed by atoms with E-state index in [4.69, 9.17) is 24.3 Å². The Labute approximate surface area is 321 Å². The molecule has 0 radical (unpaired) electrons. The van der Waals surface area contributed by atoms with Gasteiger partial charge in [-0.25, -0.2) is 18.5 Å². The number of hydrogen-bond acceptors (Lipinski definition) is 13. The number of aliphatic hydroxyl groups excluding tert-OH is 2. The summed E-state index contributed by atoms with van der Waals surface area (Å²) in [7, 11) is -4.45. The van der Waals surface area contributed by atoms with E-state index in [9.17, 15) is 34.0 Å². The molecule has 2 aromatic carbocycles. The van der Waals surface area contributed by atoms with E-state index < -0.39 is 68.0 Å². The molecule has 6 rings (SSSR count). The van der Waals surface area contributed by atoms with Crippen molar-refractivity contribution in [2.75, 3.05) is 18.5 Å². The topological polar surface area (TPSA) is 233 Å². The molecule has 0 saturated carbocycles. The van der Waals surface area contributed by atoms with Crippen LogP contribution in [0.25, 0.3) is 5.52 Å². The standard InChI is InChI=1S/C38H41FN7O9P/c1-23-8-6-7-9-26(23)19-52-37(50)24(2)45-56(51,55-28-10-4-3-5-11-28)53-20-31-33(47)34(48)38(21-40,54-31)32-17-16-30-35(42-22-43-46(30)32)44-36(49)29(41)18-25-12-14-27(39)15-13-25/h3-7,9-17,22-24,29,31,33-34,47-48H,8,18-20,41H2,1-2H3,(H,45,51)(H,42,43,44,49)/t23?,24?,29?,31-,33-,34-,38+,56?/m1/s1. The van der Waals surface area contributed by atoms with Crippen LogP contribution in [-0.2, 0) is 40.2 Å². The normalized spacial score (nSPS) is 24.1. The van der Waals surface area contributed by atoms with Crippen molar-refractivity contribution in [1.29, 1.82) is 5.26 Å². The van der Waals surface area contributed by atoms with E-state index in [-0.39, 0.29) is 41.7 Å². The molecule has 4 unspecified atom stereocenters. The second kappa shape index (κ2) is 17.2. The molecule has 2 aromatic heterocycles. The van der Waals surface area contributed by atoms with E-state index in [0.29, 0.717) is 5.56 Å². The molecule has 18 heteroatoms. The van der Waals surface area contributed by atoms with E-state index in [1.807, 2.05) is 31.2 Å². The second-order valence-electron chi connectivity index (χ2n) is 13.5. The van der Waals surface area contributed by atoms with E-state index >= 15 is 0 Å². The molecule has 294 valence electrons. The summed E-state index contributed by atoms with van der Waals surface area (Å²) in [4.78, 5) is 30.1. The van der Waals surface area contributed by atoms with Gasteiger partial charge in [0, 0.05) is 0 Å². The number of anilines is 1. The Kier molecular flexibility index (Phi) is 12.4. The van der Waals surface area contributed by atoms with Crippen LogP contribution in [0.2, 0.25) is 0 Å². The van der Waals surface area contributed by atoms with Gasteiger partial charge in [-0.1, -0.05) is 55.5 Å². The average molecular weight is 790 g/mol. The minimum atomic E-state index is -4.45. The summed E-state index contributed by atoms with van der Waals surface area (Å²) in [6.07, 6.45) is 2.72. The van der Waals surface area contributed by atoms with Gasteiger partial charge in [-0.05, 0) is 73.2 Å². The highest BCUT2D eigenvalue weighted by molar-refractivity contribution is 7.52. The molecule has 1 amide bonds. The van der Waals surface area contributed by atoms with Crippen LogP contribution >= 0.6 is 7.75 Å². The third-order valence-electron chi connectivity index (χ3n) is 9.44. The fourth-order valence-electron chi connectivity index (χ4n) is 6.24. The molecular formula is C38H41FN7O9P. The Balaban J connectivity index is 1.17. The summed E-state index contributed by atoms with van der Waals surface area (Å²) >= 11 is 0. The van der Waals surface area contributed by atoms with Crippen molar-refractivity contribution in [3.8, 4) is 11.8 Å². The molecule has 1 saturated heterocycles. The monoisotopic (exact) mass is 789 g/mol. The zero-order chi connectivity index (χ0) is 40.0. The fraction of sp³-hybridized carbons (Fsp3) is 0.342. The van der Waals surface area contributed by atoms with Crippen molar-refractivity contribution >= 4 is 31.0 Å². The van der Waals surface area contributed by atoms with E-state index in [2.05, 4.69) is 20.5 Å². The van der Waals surface area contributed by atoms with Crippen LogP contribution < -0.4 is 20.7 Å². The van der Waals surface area contributed by atoms with Gasteiger partial charge in [0.25, 0.3) is 0 Å². The van der Waals surface area contributed by atoms with Crippen LogP contribution in [0.1, 0.15) is 31.5 Å². The molecule has 4 aromatic rings. The minimum absolute atomic E-state index is 0.0198. The molecule has 56 heavy (non-hydrogen) atoms. The quantitative estimate of drug-likeness (QED) is 0.0858. The summed E-state index contributed by atoms with van der Waals surface area (Å²) in [6, 6.07) is 16.2. The SMILES string of the molecule is CC1CC=CC=C1COC(=O)C(C)NP(=O)(OC[C@H]1O[C@@](C#N)(c2ccc3c(NC(=O)C(N)Cc4ccc(F)cc4)ncnn23)[C@H](O)[C@@H]1O)Oc1ccccc1. The number of aliphatic hydroxyl groups is 2. The van der Waals surface area contributed by atoms with Crippen molar-refractivity contribution in [3.05, 3.63) is 114 Å². The van der Waals surface area contributed by atoms with Gasteiger partial charge < -0.3 is 35.3 Å². The first kappa shape index (κ1) is 40.4. The number of hydrogen-bond donors (Lipinski definition) is 5. The molecule has 8 atom stereocenters. The number of esters is 1. The van der Waals surface area contributed by atoms with Gasteiger partial charge in [-0.15, -0.1) is 0 Å². The number of carbonyl (C=O) groups is 2. The molecular weight excluding hydrogens is 748 g/mol. The zero-order valence-electron chi connectivity index (χ0n) is 30.4.